The van der Waals surface area contributed by atoms with Crippen LogP contribution in [0.2, 0.25) is 0 Å². The average molecular weight is 469 g/mol. The van der Waals surface area contributed by atoms with Gasteiger partial charge in [0, 0.05) is 31.6 Å². The molecule has 3 rings (SSSR count). The molecular weight excluding hydrogens is 440 g/mol. The Bertz CT molecular complexity index is 764. The Morgan fingerprint density at radius 1 is 1.09 bits per heavy atom. The van der Waals surface area contributed by atoms with Gasteiger partial charge in [-0.3, -0.25) is 24.1 Å². The van der Waals surface area contributed by atoms with Crippen LogP contribution in [0.15, 0.2) is 0 Å². The largest absolute Gasteiger partial charge is 0.370 e. The van der Waals surface area contributed by atoms with E-state index in [2.05, 4.69) is 0 Å². The number of hydrogen-bond donors (Lipinski definition) is 0. The summed E-state index contributed by atoms with van der Waals surface area (Å²) < 4.78 is 5.27. The lowest BCUT2D eigenvalue weighted by Crippen LogP contribution is -2.39. The van der Waals surface area contributed by atoms with Gasteiger partial charge in [-0.1, -0.05) is 0 Å². The summed E-state index contributed by atoms with van der Waals surface area (Å²) in [6.07, 6.45) is 2.81. The fourth-order valence-corrected chi connectivity index (χ4v) is 5.11. The van der Waals surface area contributed by atoms with E-state index in [9.17, 15) is 28.8 Å². The smallest absolute Gasteiger partial charge is 0.336 e. The number of hydrogen-bond acceptors (Lipinski definition) is 9. The zero-order valence-electron chi connectivity index (χ0n) is 18.0. The van der Waals surface area contributed by atoms with Crippen LogP contribution in [-0.2, 0) is 38.3 Å². The van der Waals surface area contributed by atoms with Gasteiger partial charge in [-0.2, -0.15) is 0 Å². The highest BCUT2D eigenvalue weighted by Crippen LogP contribution is 2.33. The molecule has 10 nitrogen and oxygen atoms in total. The lowest BCUT2D eigenvalue weighted by Gasteiger charge is -2.30. The summed E-state index contributed by atoms with van der Waals surface area (Å²) in [6.45, 7) is 2.30. The van der Waals surface area contributed by atoms with Crippen LogP contribution in [-0.4, -0.2) is 76.1 Å². The van der Waals surface area contributed by atoms with Crippen LogP contribution in [0.1, 0.15) is 51.9 Å². The molecule has 0 radical (unpaired) electrons. The molecule has 3 aliphatic rings. The fraction of sp³-hybridized carbons (Fsp3) is 0.714. The van der Waals surface area contributed by atoms with Crippen molar-refractivity contribution in [2.24, 2.45) is 11.8 Å². The van der Waals surface area contributed by atoms with Crippen LogP contribution in [0, 0.1) is 11.8 Å². The van der Waals surface area contributed by atoms with Crippen molar-refractivity contribution in [3.05, 3.63) is 0 Å². The summed E-state index contributed by atoms with van der Waals surface area (Å²) in [5.41, 5.74) is 0. The van der Waals surface area contributed by atoms with Gasteiger partial charge >= 0.3 is 5.97 Å². The predicted molar refractivity (Wildman–Crippen MR) is 112 cm³/mol. The standard InChI is InChI=1S/C21H28N2O8S/c1-13(12-24)30-8-9-32-16-10-19(27)22(20(16)28)11-14-2-4-15(5-3-14)21(29)31-23-17(25)6-7-18(23)26/h12-16H,2-11H2,1H3/t13-,14-,15-,16?/m0/s1. The van der Waals surface area contributed by atoms with E-state index in [0.29, 0.717) is 55.9 Å². The Morgan fingerprint density at radius 2 is 1.75 bits per heavy atom. The number of hydroxylamine groups is 2. The Balaban J connectivity index is 1.40. The summed E-state index contributed by atoms with van der Waals surface area (Å²) >= 11 is 1.36. The molecule has 0 spiro atoms. The summed E-state index contributed by atoms with van der Waals surface area (Å²) in [4.78, 5) is 77.4. The maximum Gasteiger partial charge on any atom is 0.336 e. The van der Waals surface area contributed by atoms with Crippen molar-refractivity contribution in [3.63, 3.8) is 0 Å². The lowest BCUT2D eigenvalue weighted by atomic mass is 9.82. The molecular formula is C21H28N2O8S. The van der Waals surface area contributed by atoms with Gasteiger partial charge in [0.15, 0.2) is 0 Å². The third kappa shape index (κ3) is 5.94. The molecule has 0 bridgehead atoms. The number of rotatable bonds is 10. The monoisotopic (exact) mass is 468 g/mol. The molecule has 32 heavy (non-hydrogen) atoms. The van der Waals surface area contributed by atoms with Crippen molar-refractivity contribution in [1.29, 1.82) is 0 Å². The maximum absolute atomic E-state index is 12.6. The van der Waals surface area contributed by atoms with Crippen LogP contribution < -0.4 is 0 Å². The molecule has 176 valence electrons. The average Bonchev–Trinajstić information content (AvgIpc) is 3.24. The van der Waals surface area contributed by atoms with Crippen molar-refractivity contribution >= 4 is 47.6 Å². The Labute approximate surface area is 190 Å². The van der Waals surface area contributed by atoms with E-state index in [-0.39, 0.29) is 37.0 Å². The molecule has 0 N–H and O–H groups in total. The van der Waals surface area contributed by atoms with Crippen molar-refractivity contribution < 1.29 is 38.3 Å². The van der Waals surface area contributed by atoms with Crippen molar-refractivity contribution in [3.8, 4) is 0 Å². The first kappa shape index (κ1) is 24.4. The number of imide groups is 2. The van der Waals surface area contributed by atoms with E-state index in [4.69, 9.17) is 9.57 Å². The van der Waals surface area contributed by atoms with E-state index in [1.807, 2.05) is 0 Å². The molecule has 1 aliphatic carbocycles. The van der Waals surface area contributed by atoms with E-state index in [1.54, 1.807) is 6.92 Å². The molecule has 2 atom stereocenters. The molecule has 2 saturated heterocycles. The van der Waals surface area contributed by atoms with Crippen molar-refractivity contribution in [1.82, 2.24) is 9.96 Å². The molecule has 11 heteroatoms. The van der Waals surface area contributed by atoms with Gasteiger partial charge in [0.1, 0.15) is 12.4 Å². The van der Waals surface area contributed by atoms with Crippen molar-refractivity contribution in [2.45, 2.75) is 63.2 Å². The first-order chi connectivity index (χ1) is 15.3. The third-order valence-electron chi connectivity index (χ3n) is 5.99. The van der Waals surface area contributed by atoms with Gasteiger partial charge < -0.3 is 14.4 Å². The Kier molecular flexibility index (Phi) is 8.41. The van der Waals surface area contributed by atoms with Gasteiger partial charge in [0.25, 0.3) is 11.8 Å². The lowest BCUT2D eigenvalue weighted by molar-refractivity contribution is -0.201. The van der Waals surface area contributed by atoms with E-state index in [0.717, 1.165) is 0 Å². The highest BCUT2D eigenvalue weighted by atomic mass is 32.2. The third-order valence-corrected chi connectivity index (χ3v) is 7.16. The predicted octanol–water partition coefficient (Wildman–Crippen LogP) is 0.865. The number of aldehydes is 1. The minimum absolute atomic E-state index is 0.0565. The molecule has 4 amide bonds. The molecule has 0 aromatic heterocycles. The minimum atomic E-state index is -0.581. The second-order valence-electron chi connectivity index (χ2n) is 8.33. The number of carbonyl (C=O) groups is 6. The maximum atomic E-state index is 12.6. The van der Waals surface area contributed by atoms with Gasteiger partial charge in [0.05, 0.1) is 17.8 Å². The molecule has 2 aliphatic heterocycles. The number of thioether (sulfide) groups is 1. The van der Waals surface area contributed by atoms with Gasteiger partial charge in [-0.05, 0) is 38.5 Å². The van der Waals surface area contributed by atoms with Gasteiger partial charge in [0.2, 0.25) is 11.8 Å². The highest BCUT2D eigenvalue weighted by molar-refractivity contribution is 8.00. The number of carbonyl (C=O) groups excluding carboxylic acids is 6. The number of likely N-dealkylation sites (tertiary alicyclic amines) is 1. The summed E-state index contributed by atoms with van der Waals surface area (Å²) in [5, 5.41) is 0.137. The first-order valence-corrected chi connectivity index (χ1v) is 11.9. The van der Waals surface area contributed by atoms with Crippen LogP contribution in [0.25, 0.3) is 0 Å². The highest BCUT2D eigenvalue weighted by Gasteiger charge is 2.41. The molecule has 0 aromatic rings. The Morgan fingerprint density at radius 3 is 2.38 bits per heavy atom. The van der Waals surface area contributed by atoms with E-state index >= 15 is 0 Å². The topological polar surface area (TPSA) is 127 Å². The van der Waals surface area contributed by atoms with Crippen LogP contribution >= 0.6 is 11.8 Å². The van der Waals surface area contributed by atoms with Crippen LogP contribution in [0.3, 0.4) is 0 Å². The van der Waals surface area contributed by atoms with Gasteiger partial charge in [-0.15, -0.1) is 16.8 Å². The quantitative estimate of drug-likeness (QED) is 0.261. The van der Waals surface area contributed by atoms with Crippen molar-refractivity contribution in [2.75, 3.05) is 18.9 Å². The normalized spacial score (nSPS) is 27.2. The summed E-state index contributed by atoms with van der Waals surface area (Å²) in [5.74, 6) is -1.76. The number of amides is 4. The molecule has 2 heterocycles. The molecule has 1 unspecified atom stereocenters. The second kappa shape index (κ2) is 11.0. The van der Waals surface area contributed by atoms with Crippen LogP contribution in [0.4, 0.5) is 0 Å². The second-order valence-corrected chi connectivity index (χ2v) is 9.64. The Hall–Kier alpha value is -2.27. The first-order valence-electron chi connectivity index (χ1n) is 10.9. The van der Waals surface area contributed by atoms with E-state index < -0.39 is 35.1 Å². The molecule has 3 fully saturated rings. The SMILES string of the molecule is C[C@@H](C=O)OCCSC1CC(=O)N(C[C@H]2CC[C@H](C(=O)ON3C(=O)CCC3=O)CC2)C1=O. The molecule has 0 aromatic carbocycles. The number of nitrogens with zero attached hydrogens (tertiary/aromatic N) is 2. The minimum Gasteiger partial charge on any atom is -0.370 e. The molecule has 1 saturated carbocycles. The van der Waals surface area contributed by atoms with Crippen LogP contribution in [0.5, 0.6) is 0 Å². The fourth-order valence-electron chi connectivity index (χ4n) is 4.10. The zero-order valence-corrected chi connectivity index (χ0v) is 18.8. The summed E-state index contributed by atoms with van der Waals surface area (Å²) in [6, 6.07) is 0. The van der Waals surface area contributed by atoms with Gasteiger partial charge in [-0.25, -0.2) is 4.79 Å². The zero-order chi connectivity index (χ0) is 23.3. The number of ether oxygens (including phenoxy) is 1. The van der Waals surface area contributed by atoms with E-state index in [1.165, 1.54) is 16.7 Å². The summed E-state index contributed by atoms with van der Waals surface area (Å²) in [7, 11) is 0.